The third-order valence-electron chi connectivity index (χ3n) is 5.99. The Kier molecular flexibility index (Phi) is 4.91. The Morgan fingerprint density at radius 2 is 1.73 bits per heavy atom. The van der Waals surface area contributed by atoms with Gasteiger partial charge in [0.2, 0.25) is 0 Å². The average molecular weight is 402 g/mol. The van der Waals surface area contributed by atoms with E-state index in [9.17, 15) is 0 Å². The highest BCUT2D eigenvalue weighted by molar-refractivity contribution is 6.07. The summed E-state index contributed by atoms with van der Waals surface area (Å²) in [5.41, 5.74) is 3.73. The SMILES string of the molecule is COc1ccc(Nc2nc3ccccc3c3nc(C4CCCCC4)[nH]c23)cc1OC. The van der Waals surface area contributed by atoms with Crippen molar-refractivity contribution in [3.05, 3.63) is 48.3 Å². The van der Waals surface area contributed by atoms with Crippen molar-refractivity contribution >= 4 is 33.4 Å². The summed E-state index contributed by atoms with van der Waals surface area (Å²) in [5.74, 6) is 3.72. The van der Waals surface area contributed by atoms with E-state index in [4.69, 9.17) is 19.4 Å². The summed E-state index contributed by atoms with van der Waals surface area (Å²) in [6.45, 7) is 0. The molecule has 6 heteroatoms. The molecule has 0 atom stereocenters. The molecule has 2 aromatic heterocycles. The number of aromatic nitrogens is 3. The number of para-hydroxylation sites is 1. The highest BCUT2D eigenvalue weighted by atomic mass is 16.5. The zero-order valence-corrected chi connectivity index (χ0v) is 17.4. The Morgan fingerprint density at radius 3 is 2.53 bits per heavy atom. The van der Waals surface area contributed by atoms with Gasteiger partial charge in [-0.15, -0.1) is 0 Å². The van der Waals surface area contributed by atoms with Crippen LogP contribution in [0.3, 0.4) is 0 Å². The lowest BCUT2D eigenvalue weighted by Gasteiger charge is -2.19. The van der Waals surface area contributed by atoms with Gasteiger partial charge in [0, 0.05) is 23.1 Å². The first-order valence-corrected chi connectivity index (χ1v) is 10.5. The van der Waals surface area contributed by atoms with Crippen molar-refractivity contribution in [3.63, 3.8) is 0 Å². The van der Waals surface area contributed by atoms with Gasteiger partial charge in [0.25, 0.3) is 0 Å². The van der Waals surface area contributed by atoms with Crippen molar-refractivity contribution < 1.29 is 9.47 Å². The molecule has 0 aliphatic heterocycles. The number of methoxy groups -OCH3 is 2. The molecule has 4 aromatic rings. The summed E-state index contributed by atoms with van der Waals surface area (Å²) in [6, 6.07) is 13.9. The van der Waals surface area contributed by atoms with Gasteiger partial charge in [0.15, 0.2) is 17.3 Å². The van der Waals surface area contributed by atoms with Crippen LogP contribution in [0.25, 0.3) is 21.9 Å². The maximum absolute atomic E-state index is 5.45. The van der Waals surface area contributed by atoms with E-state index in [0.29, 0.717) is 17.4 Å². The topological polar surface area (TPSA) is 72.1 Å². The number of hydrogen-bond acceptors (Lipinski definition) is 5. The Hall–Kier alpha value is -3.28. The zero-order chi connectivity index (χ0) is 20.5. The smallest absolute Gasteiger partial charge is 0.162 e. The Bertz CT molecular complexity index is 1190. The number of anilines is 2. The fraction of sp³-hybridized carbons (Fsp3) is 0.333. The summed E-state index contributed by atoms with van der Waals surface area (Å²) in [4.78, 5) is 13.6. The second-order valence-corrected chi connectivity index (χ2v) is 7.85. The molecular formula is C24H26N4O2. The number of benzene rings is 2. The van der Waals surface area contributed by atoms with Gasteiger partial charge in [-0.1, -0.05) is 37.5 Å². The van der Waals surface area contributed by atoms with E-state index < -0.39 is 0 Å². The van der Waals surface area contributed by atoms with Gasteiger partial charge in [-0.05, 0) is 31.0 Å². The molecule has 154 valence electrons. The van der Waals surface area contributed by atoms with Crippen molar-refractivity contribution in [1.82, 2.24) is 15.0 Å². The third-order valence-corrected chi connectivity index (χ3v) is 5.99. The first kappa shape index (κ1) is 18.7. The van der Waals surface area contributed by atoms with Crippen molar-refractivity contribution in [2.24, 2.45) is 0 Å². The number of nitrogens with one attached hydrogen (secondary N) is 2. The van der Waals surface area contributed by atoms with Crippen LogP contribution < -0.4 is 14.8 Å². The number of H-pyrrole nitrogens is 1. The van der Waals surface area contributed by atoms with Gasteiger partial charge >= 0.3 is 0 Å². The van der Waals surface area contributed by atoms with E-state index >= 15 is 0 Å². The summed E-state index contributed by atoms with van der Waals surface area (Å²) < 4.78 is 10.8. The van der Waals surface area contributed by atoms with E-state index in [1.54, 1.807) is 14.2 Å². The molecule has 2 heterocycles. The molecule has 0 spiro atoms. The molecule has 1 fully saturated rings. The van der Waals surface area contributed by atoms with Crippen LogP contribution in [-0.2, 0) is 0 Å². The lowest BCUT2D eigenvalue weighted by molar-refractivity contribution is 0.355. The predicted molar refractivity (Wildman–Crippen MR) is 120 cm³/mol. The van der Waals surface area contributed by atoms with Gasteiger partial charge in [0.05, 0.1) is 19.7 Å². The quantitative estimate of drug-likeness (QED) is 0.433. The maximum atomic E-state index is 5.45. The molecule has 6 nitrogen and oxygen atoms in total. The summed E-state index contributed by atoms with van der Waals surface area (Å²) in [7, 11) is 3.27. The predicted octanol–water partition coefficient (Wildman–Crippen LogP) is 5.92. The number of nitrogens with zero attached hydrogens (tertiary/aromatic N) is 2. The molecule has 0 bridgehead atoms. The van der Waals surface area contributed by atoms with Crippen molar-refractivity contribution in [3.8, 4) is 11.5 Å². The molecule has 2 aromatic carbocycles. The third kappa shape index (κ3) is 3.32. The van der Waals surface area contributed by atoms with Crippen LogP contribution in [0.2, 0.25) is 0 Å². The van der Waals surface area contributed by atoms with Gasteiger partial charge < -0.3 is 19.8 Å². The lowest BCUT2D eigenvalue weighted by atomic mass is 9.89. The van der Waals surface area contributed by atoms with Gasteiger partial charge in [-0.25, -0.2) is 9.97 Å². The number of aromatic amines is 1. The van der Waals surface area contributed by atoms with Gasteiger partial charge in [-0.3, -0.25) is 0 Å². The molecule has 0 amide bonds. The number of hydrogen-bond donors (Lipinski definition) is 2. The molecule has 2 N–H and O–H groups in total. The Morgan fingerprint density at radius 1 is 0.933 bits per heavy atom. The van der Waals surface area contributed by atoms with Crippen LogP contribution in [0.5, 0.6) is 11.5 Å². The fourth-order valence-electron chi connectivity index (χ4n) is 4.42. The van der Waals surface area contributed by atoms with Crippen LogP contribution in [0.4, 0.5) is 11.5 Å². The number of ether oxygens (including phenoxy) is 2. The molecule has 1 aliphatic rings. The van der Waals surface area contributed by atoms with Gasteiger partial charge in [-0.2, -0.15) is 0 Å². The number of pyridine rings is 1. The zero-order valence-electron chi connectivity index (χ0n) is 17.4. The van der Waals surface area contributed by atoms with E-state index in [1.807, 2.05) is 36.4 Å². The van der Waals surface area contributed by atoms with Crippen LogP contribution in [0, 0.1) is 0 Å². The molecule has 1 aliphatic carbocycles. The molecule has 5 rings (SSSR count). The first-order chi connectivity index (χ1) is 14.8. The highest BCUT2D eigenvalue weighted by Gasteiger charge is 2.21. The molecular weight excluding hydrogens is 376 g/mol. The standard InChI is InChI=1S/C24H26N4O2/c1-29-19-13-12-16(14-20(19)30-2)25-24-22-21(17-10-6-7-11-18(17)26-24)27-23(28-22)15-8-4-3-5-9-15/h6-7,10-15H,3-5,8-9H2,1-2H3,(H,25,26)(H,27,28). The maximum Gasteiger partial charge on any atom is 0.162 e. The highest BCUT2D eigenvalue weighted by Crippen LogP contribution is 2.36. The molecule has 1 saturated carbocycles. The monoisotopic (exact) mass is 402 g/mol. The average Bonchev–Trinajstić information content (AvgIpc) is 3.26. The summed E-state index contributed by atoms with van der Waals surface area (Å²) >= 11 is 0. The normalized spacial score (nSPS) is 14.9. The van der Waals surface area contributed by atoms with Crippen LogP contribution in [-0.4, -0.2) is 29.2 Å². The summed E-state index contributed by atoms with van der Waals surface area (Å²) in [6.07, 6.45) is 6.27. The van der Waals surface area contributed by atoms with Crippen molar-refractivity contribution in [2.75, 3.05) is 19.5 Å². The van der Waals surface area contributed by atoms with Crippen molar-refractivity contribution in [2.45, 2.75) is 38.0 Å². The van der Waals surface area contributed by atoms with Crippen LogP contribution in [0.15, 0.2) is 42.5 Å². The van der Waals surface area contributed by atoms with E-state index in [-0.39, 0.29) is 0 Å². The minimum absolute atomic E-state index is 0.499. The van der Waals surface area contributed by atoms with Gasteiger partial charge in [0.1, 0.15) is 16.9 Å². The number of fused-ring (bicyclic) bond motifs is 3. The van der Waals surface area contributed by atoms with E-state index in [1.165, 1.54) is 32.1 Å². The minimum Gasteiger partial charge on any atom is -0.493 e. The second kappa shape index (κ2) is 7.86. The fourth-order valence-corrected chi connectivity index (χ4v) is 4.42. The Balaban J connectivity index is 1.62. The molecule has 0 radical (unpaired) electrons. The molecule has 0 saturated heterocycles. The van der Waals surface area contributed by atoms with Crippen molar-refractivity contribution in [1.29, 1.82) is 0 Å². The van der Waals surface area contributed by atoms with E-state index in [2.05, 4.69) is 16.4 Å². The number of rotatable bonds is 5. The molecule has 0 unspecified atom stereocenters. The Labute approximate surface area is 175 Å². The van der Waals surface area contributed by atoms with Crippen LogP contribution in [0.1, 0.15) is 43.8 Å². The second-order valence-electron chi connectivity index (χ2n) is 7.85. The largest absolute Gasteiger partial charge is 0.493 e. The van der Waals surface area contributed by atoms with Crippen LogP contribution >= 0.6 is 0 Å². The molecule has 30 heavy (non-hydrogen) atoms. The van der Waals surface area contributed by atoms with E-state index in [0.717, 1.165) is 39.3 Å². The first-order valence-electron chi connectivity index (χ1n) is 10.5. The number of imidazole rings is 1. The minimum atomic E-state index is 0.499. The summed E-state index contributed by atoms with van der Waals surface area (Å²) in [5, 5.41) is 4.54. The lowest BCUT2D eigenvalue weighted by Crippen LogP contribution is -2.06.